The van der Waals surface area contributed by atoms with Crippen molar-refractivity contribution in [2.75, 3.05) is 0 Å². The normalized spacial score (nSPS) is 18.8. The van der Waals surface area contributed by atoms with E-state index in [9.17, 15) is 13.2 Å². The summed E-state index contributed by atoms with van der Waals surface area (Å²) in [6, 6.07) is 0. The molecule has 0 spiro atoms. The number of hydrogen-bond donors (Lipinski definition) is 1. The zero-order chi connectivity index (χ0) is 13.5. The zero-order valence-corrected chi connectivity index (χ0v) is 11.7. The van der Waals surface area contributed by atoms with Gasteiger partial charge in [0.15, 0.2) is 0 Å². The molecule has 1 rings (SSSR count). The fourth-order valence-electron chi connectivity index (χ4n) is 2.18. The van der Waals surface area contributed by atoms with Gasteiger partial charge in [-0.15, -0.1) is 0 Å². The van der Waals surface area contributed by atoms with Gasteiger partial charge >= 0.3 is 6.09 Å². The van der Waals surface area contributed by atoms with Crippen molar-refractivity contribution < 1.29 is 18.3 Å². The first kappa shape index (κ1) is 14.3. The van der Waals surface area contributed by atoms with Crippen LogP contribution in [0.3, 0.4) is 0 Å². The van der Waals surface area contributed by atoms with Crippen molar-refractivity contribution in [3.8, 4) is 0 Å². The van der Waals surface area contributed by atoms with Crippen LogP contribution in [0.25, 0.3) is 0 Å². The van der Waals surface area contributed by atoms with Crippen molar-refractivity contribution in [3.05, 3.63) is 0 Å². The number of sulfonamides is 1. The van der Waals surface area contributed by atoms with Crippen LogP contribution in [0.4, 0.5) is 4.79 Å². The third kappa shape index (κ3) is 2.41. The molecule has 6 heteroatoms. The second-order valence-electron chi connectivity index (χ2n) is 5.66. The fourth-order valence-corrected chi connectivity index (χ4v) is 4.57. The molecule has 1 fully saturated rings. The molecule has 0 aromatic rings. The Morgan fingerprint density at radius 3 is 2.06 bits per heavy atom. The molecule has 0 atom stereocenters. The minimum absolute atomic E-state index is 0.537. The predicted octanol–water partition coefficient (Wildman–Crippen LogP) is 2.43. The zero-order valence-electron chi connectivity index (χ0n) is 10.9. The molecule has 1 aliphatic carbocycles. The van der Waals surface area contributed by atoms with E-state index < -0.39 is 26.4 Å². The molecule has 0 radical (unpaired) electrons. The van der Waals surface area contributed by atoms with Crippen LogP contribution < -0.4 is 0 Å². The number of carbonyl (C=O) groups is 1. The van der Waals surface area contributed by atoms with E-state index in [-0.39, 0.29) is 0 Å². The number of amides is 1. The molecule has 1 amide bonds. The number of nitrogens with zero attached hydrogens (tertiary/aromatic N) is 1. The minimum atomic E-state index is -3.77. The summed E-state index contributed by atoms with van der Waals surface area (Å²) in [6.45, 7) is 6.71. The van der Waals surface area contributed by atoms with E-state index >= 15 is 0 Å². The van der Waals surface area contributed by atoms with E-state index in [4.69, 9.17) is 5.11 Å². The van der Waals surface area contributed by atoms with E-state index in [1.807, 2.05) is 6.92 Å². The molecule has 100 valence electrons. The first-order chi connectivity index (χ1) is 7.58. The second-order valence-corrected chi connectivity index (χ2v) is 7.84. The fraction of sp³-hybridized carbons (Fsp3) is 0.909. The quantitative estimate of drug-likeness (QED) is 0.845. The minimum Gasteiger partial charge on any atom is -0.464 e. The maximum Gasteiger partial charge on any atom is 0.421 e. The largest absolute Gasteiger partial charge is 0.464 e. The molecule has 0 saturated heterocycles. The lowest BCUT2D eigenvalue weighted by Crippen LogP contribution is -2.52. The van der Waals surface area contributed by atoms with Crippen molar-refractivity contribution in [2.45, 2.75) is 63.7 Å². The highest BCUT2D eigenvalue weighted by Gasteiger charge is 2.59. The SMILES string of the molecule is CCCC1(S(=O)(=O)N(C(=O)O)C(C)(C)C)CC1. The van der Waals surface area contributed by atoms with E-state index in [2.05, 4.69) is 0 Å². The highest BCUT2D eigenvalue weighted by Crippen LogP contribution is 2.49. The van der Waals surface area contributed by atoms with Crippen molar-refractivity contribution >= 4 is 16.1 Å². The Morgan fingerprint density at radius 2 is 1.82 bits per heavy atom. The Bertz CT molecular complexity index is 404. The predicted molar refractivity (Wildman–Crippen MR) is 65.4 cm³/mol. The summed E-state index contributed by atoms with van der Waals surface area (Å²) in [5, 5.41) is 9.15. The molecule has 0 unspecified atom stereocenters. The maximum absolute atomic E-state index is 12.4. The van der Waals surface area contributed by atoms with Gasteiger partial charge in [-0.05, 0) is 40.0 Å². The van der Waals surface area contributed by atoms with Crippen molar-refractivity contribution in [2.24, 2.45) is 0 Å². The molecular formula is C11H21NO4S. The summed E-state index contributed by atoms with van der Waals surface area (Å²) in [4.78, 5) is 11.2. The second kappa shape index (κ2) is 4.15. The molecule has 0 heterocycles. The Kier molecular flexibility index (Phi) is 3.49. The van der Waals surface area contributed by atoms with Crippen LogP contribution in [0.1, 0.15) is 53.4 Å². The van der Waals surface area contributed by atoms with E-state index in [1.165, 1.54) is 0 Å². The Hall–Kier alpha value is -0.780. The Balaban J connectivity index is 3.16. The van der Waals surface area contributed by atoms with Crippen LogP contribution in [0, 0.1) is 0 Å². The van der Waals surface area contributed by atoms with Gasteiger partial charge in [0, 0.05) is 0 Å². The van der Waals surface area contributed by atoms with Gasteiger partial charge in [0.2, 0.25) is 10.0 Å². The van der Waals surface area contributed by atoms with Crippen LogP contribution in [-0.4, -0.2) is 34.2 Å². The third-order valence-corrected chi connectivity index (χ3v) is 5.98. The molecule has 1 aliphatic rings. The Morgan fingerprint density at radius 1 is 1.35 bits per heavy atom. The van der Waals surface area contributed by atoms with Crippen molar-refractivity contribution in [1.82, 2.24) is 4.31 Å². The topological polar surface area (TPSA) is 74.7 Å². The summed E-state index contributed by atoms with van der Waals surface area (Å²) < 4.78 is 24.7. The first-order valence-electron chi connectivity index (χ1n) is 5.86. The average molecular weight is 263 g/mol. The van der Waals surface area contributed by atoms with Gasteiger partial charge in [0.1, 0.15) is 0 Å². The Labute approximate surface area is 103 Å². The maximum atomic E-state index is 12.4. The van der Waals surface area contributed by atoms with Gasteiger partial charge in [0.05, 0.1) is 10.3 Å². The molecule has 0 aromatic carbocycles. The molecule has 0 aromatic heterocycles. The summed E-state index contributed by atoms with van der Waals surface area (Å²) >= 11 is 0. The monoisotopic (exact) mass is 263 g/mol. The van der Waals surface area contributed by atoms with Crippen molar-refractivity contribution in [3.63, 3.8) is 0 Å². The van der Waals surface area contributed by atoms with E-state index in [0.717, 1.165) is 6.42 Å². The number of rotatable bonds is 4. The lowest BCUT2D eigenvalue weighted by atomic mass is 10.1. The summed E-state index contributed by atoms with van der Waals surface area (Å²) in [7, 11) is -3.77. The standard InChI is InChI=1S/C11H21NO4S/c1-5-6-11(7-8-11)17(15,16)12(9(13)14)10(2,3)4/h5-8H2,1-4H3,(H,13,14). The van der Waals surface area contributed by atoms with Crippen LogP contribution in [0.15, 0.2) is 0 Å². The van der Waals surface area contributed by atoms with E-state index in [0.29, 0.717) is 23.6 Å². The summed E-state index contributed by atoms with van der Waals surface area (Å²) in [5.41, 5.74) is -0.937. The molecule has 5 nitrogen and oxygen atoms in total. The lowest BCUT2D eigenvalue weighted by Gasteiger charge is -2.35. The average Bonchev–Trinajstić information content (AvgIpc) is 2.81. The smallest absolute Gasteiger partial charge is 0.421 e. The van der Waals surface area contributed by atoms with Crippen LogP contribution in [0.5, 0.6) is 0 Å². The molecular weight excluding hydrogens is 242 g/mol. The van der Waals surface area contributed by atoms with Gasteiger partial charge in [-0.3, -0.25) is 0 Å². The highest BCUT2D eigenvalue weighted by atomic mass is 32.2. The van der Waals surface area contributed by atoms with E-state index in [1.54, 1.807) is 20.8 Å². The number of carboxylic acid groups (broad SMARTS) is 1. The first-order valence-corrected chi connectivity index (χ1v) is 7.30. The molecule has 0 aliphatic heterocycles. The van der Waals surface area contributed by atoms with Crippen LogP contribution in [-0.2, 0) is 10.0 Å². The summed E-state index contributed by atoms with van der Waals surface area (Å²) in [6.07, 6.45) is 1.04. The van der Waals surface area contributed by atoms with Gasteiger partial charge in [-0.1, -0.05) is 13.3 Å². The molecule has 1 saturated carbocycles. The number of hydrogen-bond acceptors (Lipinski definition) is 3. The molecule has 0 bridgehead atoms. The highest BCUT2D eigenvalue weighted by molar-refractivity contribution is 7.91. The molecule has 17 heavy (non-hydrogen) atoms. The van der Waals surface area contributed by atoms with Crippen LogP contribution in [0.2, 0.25) is 0 Å². The van der Waals surface area contributed by atoms with Crippen molar-refractivity contribution in [1.29, 1.82) is 0 Å². The van der Waals surface area contributed by atoms with Gasteiger partial charge < -0.3 is 5.11 Å². The van der Waals surface area contributed by atoms with Gasteiger partial charge in [0.25, 0.3) is 0 Å². The lowest BCUT2D eigenvalue weighted by molar-refractivity contribution is 0.145. The summed E-state index contributed by atoms with van der Waals surface area (Å²) in [5.74, 6) is 0. The van der Waals surface area contributed by atoms with Gasteiger partial charge in [-0.2, -0.15) is 4.31 Å². The molecule has 1 N–H and O–H groups in total. The van der Waals surface area contributed by atoms with Gasteiger partial charge in [-0.25, -0.2) is 13.2 Å². The van der Waals surface area contributed by atoms with Crippen LogP contribution >= 0.6 is 0 Å². The third-order valence-electron chi connectivity index (χ3n) is 3.08.